The second-order valence-corrected chi connectivity index (χ2v) is 4.72. The van der Waals surface area contributed by atoms with Crippen LogP contribution in [0.2, 0.25) is 5.02 Å². The molecule has 0 spiro atoms. The number of carbonyl (C=O) groups excluding carboxylic acids is 2. The van der Waals surface area contributed by atoms with Crippen LogP contribution in [0.1, 0.15) is 0 Å². The van der Waals surface area contributed by atoms with Crippen LogP contribution in [-0.2, 0) is 14.3 Å². The minimum absolute atomic E-state index is 0.0398. The number of carbonyl (C=O) groups is 2. The Balaban J connectivity index is 2.17. The summed E-state index contributed by atoms with van der Waals surface area (Å²) in [4.78, 5) is 23.4. The monoisotopic (exact) mass is 314 g/mol. The number of ether oxygens (including phenoxy) is 3. The number of nitrogens with one attached hydrogen (secondary N) is 2. The van der Waals surface area contributed by atoms with E-state index < -0.39 is 11.9 Å². The summed E-state index contributed by atoms with van der Waals surface area (Å²) in [5, 5.41) is 5.56. The van der Waals surface area contributed by atoms with Gasteiger partial charge in [0.15, 0.2) is 0 Å². The number of morpholine rings is 1. The van der Waals surface area contributed by atoms with E-state index in [9.17, 15) is 9.59 Å². The molecule has 1 saturated heterocycles. The van der Waals surface area contributed by atoms with Gasteiger partial charge in [0.1, 0.15) is 24.1 Å². The predicted octanol–water partition coefficient (Wildman–Crippen LogP) is 0.811. The lowest BCUT2D eigenvalue weighted by Crippen LogP contribution is -2.51. The minimum atomic E-state index is -0.752. The zero-order valence-corrected chi connectivity index (χ0v) is 12.3. The molecule has 0 saturated carbocycles. The van der Waals surface area contributed by atoms with E-state index in [1.54, 1.807) is 6.07 Å². The van der Waals surface area contributed by atoms with E-state index in [1.165, 1.54) is 20.3 Å². The average Bonchev–Trinajstić information content (AvgIpc) is 2.48. The van der Waals surface area contributed by atoms with Crippen LogP contribution < -0.4 is 20.1 Å². The number of anilines is 1. The van der Waals surface area contributed by atoms with Crippen molar-refractivity contribution in [3.05, 3.63) is 17.2 Å². The topological polar surface area (TPSA) is 85.9 Å². The first-order valence-electron chi connectivity index (χ1n) is 6.14. The Kier molecular flexibility index (Phi) is 4.87. The van der Waals surface area contributed by atoms with Gasteiger partial charge >= 0.3 is 0 Å². The maximum absolute atomic E-state index is 12.1. The maximum Gasteiger partial charge on any atom is 0.249 e. The van der Waals surface area contributed by atoms with Crippen molar-refractivity contribution >= 4 is 29.1 Å². The van der Waals surface area contributed by atoms with Crippen molar-refractivity contribution in [1.82, 2.24) is 5.32 Å². The fourth-order valence-corrected chi connectivity index (χ4v) is 2.10. The Hall–Kier alpha value is -1.99. The van der Waals surface area contributed by atoms with Gasteiger partial charge in [0.2, 0.25) is 11.8 Å². The van der Waals surface area contributed by atoms with Gasteiger partial charge in [-0.3, -0.25) is 9.59 Å². The van der Waals surface area contributed by atoms with Crippen molar-refractivity contribution in [2.24, 2.45) is 0 Å². The molecule has 1 unspecified atom stereocenters. The fraction of sp³-hybridized carbons (Fsp3) is 0.385. The van der Waals surface area contributed by atoms with Crippen LogP contribution in [0.3, 0.4) is 0 Å². The molecular formula is C13H15ClN2O5. The Morgan fingerprint density at radius 3 is 2.71 bits per heavy atom. The van der Waals surface area contributed by atoms with Crippen LogP contribution in [0.25, 0.3) is 0 Å². The van der Waals surface area contributed by atoms with Gasteiger partial charge in [-0.2, -0.15) is 0 Å². The van der Waals surface area contributed by atoms with E-state index in [-0.39, 0.29) is 19.1 Å². The summed E-state index contributed by atoms with van der Waals surface area (Å²) in [5.74, 6) is 0.0432. The molecule has 1 heterocycles. The van der Waals surface area contributed by atoms with E-state index in [0.29, 0.717) is 22.2 Å². The molecular weight excluding hydrogens is 300 g/mol. The highest BCUT2D eigenvalue weighted by molar-refractivity contribution is 6.32. The molecule has 8 heteroatoms. The number of amides is 2. The zero-order valence-electron chi connectivity index (χ0n) is 11.6. The molecule has 0 aliphatic carbocycles. The van der Waals surface area contributed by atoms with Crippen molar-refractivity contribution in [2.45, 2.75) is 6.04 Å². The molecule has 1 aromatic carbocycles. The molecule has 0 aromatic heterocycles. The fourth-order valence-electron chi connectivity index (χ4n) is 1.87. The third-order valence-corrected chi connectivity index (χ3v) is 3.20. The summed E-state index contributed by atoms with van der Waals surface area (Å²) in [6, 6.07) is 2.33. The third-order valence-electron chi connectivity index (χ3n) is 2.90. The lowest BCUT2D eigenvalue weighted by Gasteiger charge is -2.23. The predicted molar refractivity (Wildman–Crippen MR) is 75.9 cm³/mol. The molecule has 114 valence electrons. The molecule has 1 aliphatic heterocycles. The minimum Gasteiger partial charge on any atom is -0.495 e. The van der Waals surface area contributed by atoms with E-state index in [4.69, 9.17) is 25.8 Å². The lowest BCUT2D eigenvalue weighted by atomic mass is 10.2. The van der Waals surface area contributed by atoms with E-state index >= 15 is 0 Å². The summed E-state index contributed by atoms with van der Waals surface area (Å²) in [5.41, 5.74) is 0.392. The molecule has 1 atom stereocenters. The van der Waals surface area contributed by atoms with Gasteiger partial charge in [-0.15, -0.1) is 0 Å². The van der Waals surface area contributed by atoms with Crippen molar-refractivity contribution in [1.29, 1.82) is 0 Å². The van der Waals surface area contributed by atoms with Crippen LogP contribution in [-0.4, -0.2) is 45.3 Å². The van der Waals surface area contributed by atoms with E-state index in [1.807, 2.05) is 0 Å². The quantitative estimate of drug-likeness (QED) is 0.859. The number of methoxy groups -OCH3 is 2. The maximum atomic E-state index is 12.1. The highest BCUT2D eigenvalue weighted by Gasteiger charge is 2.26. The third kappa shape index (κ3) is 3.56. The molecule has 21 heavy (non-hydrogen) atoms. The molecule has 0 bridgehead atoms. The van der Waals surface area contributed by atoms with Crippen LogP contribution in [0.5, 0.6) is 11.5 Å². The summed E-state index contributed by atoms with van der Waals surface area (Å²) < 4.78 is 15.3. The number of benzene rings is 1. The molecule has 1 aromatic rings. The van der Waals surface area contributed by atoms with Crippen LogP contribution in [0.4, 0.5) is 5.69 Å². The SMILES string of the molecule is COc1cc(NC(=O)C2COCC(=O)N2)c(OC)cc1Cl. The first-order valence-corrected chi connectivity index (χ1v) is 6.52. The zero-order chi connectivity index (χ0) is 15.4. The number of rotatable bonds is 4. The molecule has 2 amide bonds. The average molecular weight is 315 g/mol. The number of hydrogen-bond donors (Lipinski definition) is 2. The Labute approximate surface area is 126 Å². The van der Waals surface area contributed by atoms with Gasteiger partial charge in [0.25, 0.3) is 0 Å². The highest BCUT2D eigenvalue weighted by Crippen LogP contribution is 2.35. The molecule has 1 fully saturated rings. The summed E-state index contributed by atoms with van der Waals surface area (Å²) >= 11 is 5.99. The van der Waals surface area contributed by atoms with Crippen LogP contribution in [0, 0.1) is 0 Å². The second kappa shape index (κ2) is 6.64. The highest BCUT2D eigenvalue weighted by atomic mass is 35.5. The molecule has 0 radical (unpaired) electrons. The smallest absolute Gasteiger partial charge is 0.249 e. The largest absolute Gasteiger partial charge is 0.495 e. The lowest BCUT2D eigenvalue weighted by molar-refractivity contribution is -0.136. The van der Waals surface area contributed by atoms with Gasteiger partial charge in [0.05, 0.1) is 31.5 Å². The van der Waals surface area contributed by atoms with Gasteiger partial charge in [0, 0.05) is 12.1 Å². The first kappa shape index (κ1) is 15.4. The number of hydrogen-bond acceptors (Lipinski definition) is 5. The molecule has 2 N–H and O–H groups in total. The molecule has 1 aliphatic rings. The van der Waals surface area contributed by atoms with Crippen molar-refractivity contribution < 1.29 is 23.8 Å². The normalized spacial score (nSPS) is 17.9. The summed E-state index contributed by atoms with van der Waals surface area (Å²) in [7, 11) is 2.92. The van der Waals surface area contributed by atoms with Gasteiger partial charge in [-0.25, -0.2) is 0 Å². The molecule has 7 nitrogen and oxygen atoms in total. The Bertz CT molecular complexity index is 564. The standard InChI is InChI=1S/C13H15ClN2O5/c1-19-10-4-8(11(20-2)3-7(10)14)16-13(18)9-5-21-6-12(17)15-9/h3-4,9H,5-6H2,1-2H3,(H,15,17)(H,16,18). The first-order chi connectivity index (χ1) is 10.0. The van der Waals surface area contributed by atoms with Crippen molar-refractivity contribution in [2.75, 3.05) is 32.8 Å². The molecule has 2 rings (SSSR count). The van der Waals surface area contributed by atoms with Gasteiger partial charge < -0.3 is 24.8 Å². The van der Waals surface area contributed by atoms with Gasteiger partial charge in [-0.05, 0) is 0 Å². The summed E-state index contributed by atoms with van der Waals surface area (Å²) in [6.45, 7) is 0.0759. The van der Waals surface area contributed by atoms with Crippen LogP contribution >= 0.6 is 11.6 Å². The number of halogens is 1. The van der Waals surface area contributed by atoms with Crippen molar-refractivity contribution in [3.63, 3.8) is 0 Å². The van der Waals surface area contributed by atoms with Crippen LogP contribution in [0.15, 0.2) is 12.1 Å². The van der Waals surface area contributed by atoms with E-state index in [0.717, 1.165) is 0 Å². The Morgan fingerprint density at radius 1 is 1.38 bits per heavy atom. The Morgan fingerprint density at radius 2 is 2.10 bits per heavy atom. The summed E-state index contributed by atoms with van der Waals surface area (Å²) in [6.07, 6.45) is 0. The van der Waals surface area contributed by atoms with Gasteiger partial charge in [-0.1, -0.05) is 11.6 Å². The van der Waals surface area contributed by atoms with Crippen molar-refractivity contribution in [3.8, 4) is 11.5 Å². The van der Waals surface area contributed by atoms with E-state index in [2.05, 4.69) is 10.6 Å². The second-order valence-electron chi connectivity index (χ2n) is 4.31.